The number of carbonyl (C=O) groups is 1. The van der Waals surface area contributed by atoms with Crippen LogP contribution in [0.25, 0.3) is 0 Å². The third kappa shape index (κ3) is 1.67. The van der Waals surface area contributed by atoms with Gasteiger partial charge in [0.2, 0.25) is 0 Å². The fourth-order valence-corrected chi connectivity index (χ4v) is 3.03. The molecular formula is C13H13F2NO. The Morgan fingerprint density at radius 3 is 2.47 bits per heavy atom. The fourth-order valence-electron chi connectivity index (χ4n) is 3.03. The molecule has 0 aromatic heterocycles. The lowest BCUT2D eigenvalue weighted by Crippen LogP contribution is -2.29. The Morgan fingerprint density at radius 1 is 1.24 bits per heavy atom. The molecule has 1 N–H and O–H groups in total. The highest BCUT2D eigenvalue weighted by molar-refractivity contribution is 5.99. The lowest BCUT2D eigenvalue weighted by molar-refractivity contribution is 0.0892. The minimum absolute atomic E-state index is 0.103. The van der Waals surface area contributed by atoms with Gasteiger partial charge in [0.25, 0.3) is 0 Å². The fraction of sp³-hybridized carbons (Fsp3) is 0.462. The molecule has 0 saturated carbocycles. The molecule has 90 valence electrons. The summed E-state index contributed by atoms with van der Waals surface area (Å²) in [5, 5.41) is 3.30. The third-order valence-electron chi connectivity index (χ3n) is 3.85. The number of rotatable bonds is 2. The topological polar surface area (TPSA) is 29.1 Å². The average Bonchev–Trinajstić information content (AvgIpc) is 2.90. The number of hydrogen-bond donors (Lipinski definition) is 1. The molecule has 4 heteroatoms. The van der Waals surface area contributed by atoms with Crippen LogP contribution in [0, 0.1) is 17.6 Å². The van der Waals surface area contributed by atoms with E-state index in [0.29, 0.717) is 12.5 Å². The molecule has 2 aliphatic heterocycles. The summed E-state index contributed by atoms with van der Waals surface area (Å²) in [5.41, 5.74) is -0.369. The van der Waals surface area contributed by atoms with Crippen LogP contribution in [-0.2, 0) is 0 Å². The predicted molar refractivity (Wildman–Crippen MR) is 58.7 cm³/mol. The number of carbonyl (C=O) groups excluding carboxylic acids is 1. The minimum atomic E-state index is -0.752. The number of hydrogen-bond acceptors (Lipinski definition) is 2. The summed E-state index contributed by atoms with van der Waals surface area (Å²) < 4.78 is 27.0. The van der Waals surface area contributed by atoms with Gasteiger partial charge in [-0.2, -0.15) is 0 Å². The van der Waals surface area contributed by atoms with Crippen molar-refractivity contribution in [1.82, 2.24) is 5.32 Å². The van der Waals surface area contributed by atoms with Crippen molar-refractivity contribution in [2.24, 2.45) is 5.92 Å². The summed E-state index contributed by atoms with van der Waals surface area (Å²) in [7, 11) is 0. The van der Waals surface area contributed by atoms with Crippen LogP contribution >= 0.6 is 0 Å². The molecule has 2 saturated heterocycles. The van der Waals surface area contributed by atoms with Crippen LogP contribution < -0.4 is 5.32 Å². The van der Waals surface area contributed by atoms with E-state index in [1.165, 1.54) is 6.07 Å². The van der Waals surface area contributed by atoms with Gasteiger partial charge in [-0.3, -0.25) is 4.79 Å². The van der Waals surface area contributed by atoms with E-state index >= 15 is 0 Å². The second kappa shape index (κ2) is 3.88. The molecule has 17 heavy (non-hydrogen) atoms. The van der Waals surface area contributed by atoms with Crippen molar-refractivity contribution in [2.75, 3.05) is 0 Å². The van der Waals surface area contributed by atoms with E-state index in [9.17, 15) is 13.6 Å². The SMILES string of the molecule is O=C(c1c(F)cccc1F)C1CC2CCC1N2. The largest absolute Gasteiger partial charge is 0.310 e. The van der Waals surface area contributed by atoms with E-state index in [4.69, 9.17) is 0 Å². The summed E-state index contributed by atoms with van der Waals surface area (Å²) in [6.07, 6.45) is 2.70. The molecule has 2 nitrogen and oxygen atoms in total. The molecule has 1 aromatic rings. The second-order valence-corrected chi connectivity index (χ2v) is 4.85. The van der Waals surface area contributed by atoms with Gasteiger partial charge in [0, 0.05) is 18.0 Å². The van der Waals surface area contributed by atoms with Gasteiger partial charge in [0.1, 0.15) is 11.6 Å². The summed E-state index contributed by atoms with van der Waals surface area (Å²) in [6, 6.07) is 4.00. The Hall–Kier alpha value is -1.29. The first-order valence-electron chi connectivity index (χ1n) is 5.91. The smallest absolute Gasteiger partial charge is 0.173 e. The lowest BCUT2D eigenvalue weighted by atomic mass is 9.83. The Kier molecular flexibility index (Phi) is 2.47. The first-order chi connectivity index (χ1) is 8.16. The van der Waals surface area contributed by atoms with Crippen molar-refractivity contribution >= 4 is 5.78 Å². The average molecular weight is 237 g/mol. The zero-order valence-electron chi connectivity index (χ0n) is 9.25. The molecule has 0 amide bonds. The van der Waals surface area contributed by atoms with Crippen molar-refractivity contribution in [2.45, 2.75) is 31.3 Å². The maximum atomic E-state index is 13.5. The van der Waals surface area contributed by atoms with Gasteiger partial charge in [0.15, 0.2) is 5.78 Å². The molecule has 2 bridgehead atoms. The van der Waals surface area contributed by atoms with Crippen LogP contribution in [0.3, 0.4) is 0 Å². The van der Waals surface area contributed by atoms with Crippen molar-refractivity contribution in [3.63, 3.8) is 0 Å². The predicted octanol–water partition coefficient (Wildman–Crippen LogP) is 2.29. The van der Waals surface area contributed by atoms with Crippen LogP contribution in [0.15, 0.2) is 18.2 Å². The van der Waals surface area contributed by atoms with E-state index in [2.05, 4.69) is 5.32 Å². The molecule has 0 spiro atoms. The van der Waals surface area contributed by atoms with Crippen LogP contribution in [0.4, 0.5) is 8.78 Å². The monoisotopic (exact) mass is 237 g/mol. The summed E-state index contributed by atoms with van der Waals surface area (Å²) in [6.45, 7) is 0. The quantitative estimate of drug-likeness (QED) is 0.799. The van der Waals surface area contributed by atoms with E-state index < -0.39 is 11.6 Å². The minimum Gasteiger partial charge on any atom is -0.310 e. The molecule has 2 aliphatic rings. The van der Waals surface area contributed by atoms with Crippen LogP contribution in [0.5, 0.6) is 0 Å². The first-order valence-corrected chi connectivity index (χ1v) is 5.91. The summed E-state index contributed by atoms with van der Waals surface area (Å²) in [4.78, 5) is 12.2. The molecule has 0 radical (unpaired) electrons. The zero-order chi connectivity index (χ0) is 12.0. The van der Waals surface area contributed by atoms with Crippen molar-refractivity contribution in [3.05, 3.63) is 35.4 Å². The van der Waals surface area contributed by atoms with Gasteiger partial charge in [0.05, 0.1) is 5.56 Å². The van der Waals surface area contributed by atoms with E-state index in [1.807, 2.05) is 0 Å². The Bertz CT molecular complexity index is 454. The summed E-state index contributed by atoms with van der Waals surface area (Å²) in [5.74, 6) is -2.16. The normalized spacial score (nSPS) is 30.8. The molecule has 2 fully saturated rings. The molecule has 2 heterocycles. The lowest BCUT2D eigenvalue weighted by Gasteiger charge is -2.19. The van der Waals surface area contributed by atoms with Gasteiger partial charge in [-0.1, -0.05) is 6.07 Å². The number of Topliss-reactive ketones (excluding diaryl/α,β-unsaturated/α-hetero) is 1. The molecule has 0 aliphatic carbocycles. The number of halogens is 2. The van der Waals surface area contributed by atoms with Crippen LogP contribution in [-0.4, -0.2) is 17.9 Å². The highest BCUT2D eigenvalue weighted by Gasteiger charge is 2.43. The number of nitrogens with one attached hydrogen (secondary N) is 1. The van der Waals surface area contributed by atoms with Gasteiger partial charge < -0.3 is 5.32 Å². The van der Waals surface area contributed by atoms with Crippen molar-refractivity contribution < 1.29 is 13.6 Å². The maximum absolute atomic E-state index is 13.5. The highest BCUT2D eigenvalue weighted by Crippen LogP contribution is 2.35. The molecule has 3 atom stereocenters. The van der Waals surface area contributed by atoms with E-state index in [-0.39, 0.29) is 23.3 Å². The Labute approximate surface area is 98.0 Å². The first kappa shape index (κ1) is 10.8. The Morgan fingerprint density at radius 2 is 1.94 bits per heavy atom. The van der Waals surface area contributed by atoms with Crippen molar-refractivity contribution in [1.29, 1.82) is 0 Å². The van der Waals surface area contributed by atoms with Gasteiger partial charge in [-0.05, 0) is 31.4 Å². The van der Waals surface area contributed by atoms with Crippen LogP contribution in [0.2, 0.25) is 0 Å². The van der Waals surface area contributed by atoms with Crippen LogP contribution in [0.1, 0.15) is 29.6 Å². The van der Waals surface area contributed by atoms with E-state index in [1.54, 1.807) is 0 Å². The number of fused-ring (bicyclic) bond motifs is 2. The third-order valence-corrected chi connectivity index (χ3v) is 3.85. The standard InChI is InChI=1S/C13H13F2NO/c14-9-2-1-3-10(15)12(9)13(17)8-6-7-4-5-11(8)16-7/h1-3,7-8,11,16H,4-6H2. The maximum Gasteiger partial charge on any atom is 0.173 e. The van der Waals surface area contributed by atoms with Crippen molar-refractivity contribution in [3.8, 4) is 0 Å². The summed E-state index contributed by atoms with van der Waals surface area (Å²) >= 11 is 0. The van der Waals surface area contributed by atoms with Gasteiger partial charge in [-0.25, -0.2) is 8.78 Å². The molecule has 1 aromatic carbocycles. The number of benzene rings is 1. The van der Waals surface area contributed by atoms with E-state index in [0.717, 1.165) is 25.0 Å². The molecule has 3 rings (SSSR count). The second-order valence-electron chi connectivity index (χ2n) is 4.85. The molecule has 3 unspecified atom stereocenters. The van der Waals surface area contributed by atoms with Gasteiger partial charge in [-0.15, -0.1) is 0 Å². The molecular weight excluding hydrogens is 224 g/mol. The Balaban J connectivity index is 1.92. The zero-order valence-corrected chi connectivity index (χ0v) is 9.25. The van der Waals surface area contributed by atoms with Gasteiger partial charge >= 0.3 is 0 Å². The highest BCUT2D eigenvalue weighted by atomic mass is 19.1. The number of ketones is 1.